The molecule has 0 radical (unpaired) electrons. The summed E-state index contributed by atoms with van der Waals surface area (Å²) in [6.07, 6.45) is 3.26. The highest BCUT2D eigenvalue weighted by Gasteiger charge is 2.08. The van der Waals surface area contributed by atoms with Crippen molar-refractivity contribution >= 4 is 29.9 Å². The summed E-state index contributed by atoms with van der Waals surface area (Å²) in [5, 5.41) is 3.41. The van der Waals surface area contributed by atoms with E-state index in [9.17, 15) is 9.59 Å². The zero-order valence-corrected chi connectivity index (χ0v) is 14.8. The van der Waals surface area contributed by atoms with Crippen LogP contribution in [-0.2, 0) is 6.54 Å². The van der Waals surface area contributed by atoms with E-state index < -0.39 is 0 Å². The van der Waals surface area contributed by atoms with E-state index in [4.69, 9.17) is 17.3 Å². The predicted molar refractivity (Wildman–Crippen MR) is 99.1 cm³/mol. The molecule has 1 aromatic carbocycles. The van der Waals surface area contributed by atoms with Gasteiger partial charge < -0.3 is 15.6 Å². The van der Waals surface area contributed by atoms with Crippen molar-refractivity contribution in [2.45, 2.75) is 19.4 Å². The molecule has 0 aliphatic rings. The molecule has 0 fully saturated rings. The number of benzene rings is 1. The van der Waals surface area contributed by atoms with Crippen molar-refractivity contribution in [3.05, 3.63) is 69.1 Å². The third-order valence-corrected chi connectivity index (χ3v) is 3.83. The van der Waals surface area contributed by atoms with E-state index in [0.29, 0.717) is 30.2 Å². The lowest BCUT2D eigenvalue weighted by molar-refractivity contribution is 0.0952. The van der Waals surface area contributed by atoms with Crippen LogP contribution in [-0.4, -0.2) is 23.6 Å². The smallest absolute Gasteiger partial charge is 0.252 e. The molecule has 2 aromatic rings. The molecule has 0 atom stereocenters. The highest BCUT2D eigenvalue weighted by molar-refractivity contribution is 6.31. The molecule has 1 aromatic heterocycles. The molecule has 1 heterocycles. The first-order valence-electron chi connectivity index (χ1n) is 7.54. The zero-order valence-electron chi connectivity index (χ0n) is 13.2. The van der Waals surface area contributed by atoms with E-state index in [-0.39, 0.29) is 23.9 Å². The summed E-state index contributed by atoms with van der Waals surface area (Å²) in [5.74, 6) is -0.199. The Labute approximate surface area is 152 Å². The van der Waals surface area contributed by atoms with Crippen molar-refractivity contribution in [1.29, 1.82) is 0 Å². The van der Waals surface area contributed by atoms with Crippen LogP contribution in [0.1, 0.15) is 28.8 Å². The highest BCUT2D eigenvalue weighted by atomic mass is 35.5. The van der Waals surface area contributed by atoms with Crippen molar-refractivity contribution in [1.82, 2.24) is 9.88 Å². The largest absolute Gasteiger partial charge is 0.352 e. The van der Waals surface area contributed by atoms with E-state index in [1.807, 2.05) is 18.2 Å². The fraction of sp³-hybridized carbons (Fsp3) is 0.294. The van der Waals surface area contributed by atoms with E-state index in [1.54, 1.807) is 12.3 Å². The van der Waals surface area contributed by atoms with Gasteiger partial charge in [0.25, 0.3) is 11.5 Å². The monoisotopic (exact) mass is 369 g/mol. The molecular weight excluding hydrogens is 349 g/mol. The summed E-state index contributed by atoms with van der Waals surface area (Å²) in [5.41, 5.74) is 6.52. The predicted octanol–water partition coefficient (Wildman–Crippen LogP) is 2.44. The molecule has 0 saturated heterocycles. The summed E-state index contributed by atoms with van der Waals surface area (Å²) >= 11 is 6.12. The number of nitrogens with zero attached hydrogens (tertiary/aromatic N) is 1. The average Bonchev–Trinajstić information content (AvgIpc) is 2.55. The SMILES string of the molecule is Cl.NCCCCNC(=O)c1ccc(=O)n(Cc2ccccc2Cl)c1. The summed E-state index contributed by atoms with van der Waals surface area (Å²) in [6.45, 7) is 1.51. The van der Waals surface area contributed by atoms with Gasteiger partial charge in [0, 0.05) is 23.8 Å². The molecule has 0 aliphatic carbocycles. The number of aromatic nitrogens is 1. The van der Waals surface area contributed by atoms with Crippen molar-refractivity contribution in [2.75, 3.05) is 13.1 Å². The van der Waals surface area contributed by atoms with Crippen LogP contribution in [0.5, 0.6) is 0 Å². The summed E-state index contributed by atoms with van der Waals surface area (Å²) in [7, 11) is 0. The van der Waals surface area contributed by atoms with Gasteiger partial charge in [0.15, 0.2) is 0 Å². The third kappa shape index (κ3) is 5.67. The Kier molecular flexibility index (Phi) is 8.54. The second-order valence-electron chi connectivity index (χ2n) is 5.23. The number of hydrogen-bond donors (Lipinski definition) is 2. The van der Waals surface area contributed by atoms with Crippen LogP contribution in [0, 0.1) is 0 Å². The van der Waals surface area contributed by atoms with Crippen molar-refractivity contribution in [2.24, 2.45) is 5.73 Å². The number of carbonyl (C=O) groups excluding carboxylic acids is 1. The second kappa shape index (κ2) is 10.1. The molecule has 7 heteroatoms. The number of carbonyl (C=O) groups is 1. The Morgan fingerprint density at radius 1 is 1.17 bits per heavy atom. The third-order valence-electron chi connectivity index (χ3n) is 3.46. The average molecular weight is 370 g/mol. The lowest BCUT2D eigenvalue weighted by atomic mass is 10.2. The van der Waals surface area contributed by atoms with Crippen LogP contribution < -0.4 is 16.6 Å². The second-order valence-corrected chi connectivity index (χ2v) is 5.63. The Hall–Kier alpha value is -1.82. The minimum Gasteiger partial charge on any atom is -0.352 e. The van der Waals surface area contributed by atoms with Crippen molar-refractivity contribution in [3.8, 4) is 0 Å². The molecule has 0 saturated carbocycles. The minimum atomic E-state index is -0.199. The Morgan fingerprint density at radius 2 is 1.92 bits per heavy atom. The Balaban J connectivity index is 0.00000288. The maximum atomic E-state index is 12.1. The maximum absolute atomic E-state index is 12.1. The topological polar surface area (TPSA) is 77.1 Å². The van der Waals surface area contributed by atoms with E-state index in [2.05, 4.69) is 5.32 Å². The number of hydrogen-bond acceptors (Lipinski definition) is 3. The molecule has 2 rings (SSSR count). The number of unbranched alkanes of at least 4 members (excludes halogenated alkanes) is 1. The molecule has 24 heavy (non-hydrogen) atoms. The highest BCUT2D eigenvalue weighted by Crippen LogP contribution is 2.15. The molecule has 0 unspecified atom stereocenters. The normalized spacial score (nSPS) is 10.1. The van der Waals surface area contributed by atoms with Crippen LogP contribution in [0.15, 0.2) is 47.4 Å². The molecule has 3 N–H and O–H groups in total. The number of halogens is 2. The van der Waals surface area contributed by atoms with Gasteiger partial charge in [-0.25, -0.2) is 0 Å². The summed E-state index contributed by atoms with van der Waals surface area (Å²) in [6, 6.07) is 10.2. The van der Waals surface area contributed by atoms with Crippen molar-refractivity contribution in [3.63, 3.8) is 0 Å². The van der Waals surface area contributed by atoms with Gasteiger partial charge >= 0.3 is 0 Å². The summed E-state index contributed by atoms with van der Waals surface area (Å²) in [4.78, 5) is 24.1. The van der Waals surface area contributed by atoms with Gasteiger partial charge in [-0.1, -0.05) is 29.8 Å². The number of amides is 1. The molecule has 0 bridgehead atoms. The fourth-order valence-electron chi connectivity index (χ4n) is 2.17. The molecule has 1 amide bonds. The van der Waals surface area contributed by atoms with Gasteiger partial charge in [0.1, 0.15) is 0 Å². The number of rotatable bonds is 7. The molecule has 5 nitrogen and oxygen atoms in total. The van der Waals surface area contributed by atoms with Gasteiger partial charge in [-0.3, -0.25) is 9.59 Å². The lowest BCUT2D eigenvalue weighted by Crippen LogP contribution is -2.27. The van der Waals surface area contributed by atoms with Crippen LogP contribution in [0.2, 0.25) is 5.02 Å². The first-order valence-corrected chi connectivity index (χ1v) is 7.92. The van der Waals surface area contributed by atoms with Crippen molar-refractivity contribution < 1.29 is 4.79 Å². The number of nitrogens with one attached hydrogen (secondary N) is 1. The minimum absolute atomic E-state index is 0. The number of nitrogens with two attached hydrogens (primary N) is 1. The standard InChI is InChI=1S/C17H20ClN3O2.ClH/c18-15-6-2-1-5-13(15)11-21-12-14(7-8-16(21)22)17(23)20-10-4-3-9-19;/h1-2,5-8,12H,3-4,9-11,19H2,(H,20,23);1H. The molecule has 130 valence electrons. The Bertz CT molecular complexity index is 732. The van der Waals surface area contributed by atoms with Gasteiger partial charge in [-0.2, -0.15) is 0 Å². The molecular formula is C17H21Cl2N3O2. The van der Waals surface area contributed by atoms with Crippen LogP contribution in [0.4, 0.5) is 0 Å². The Morgan fingerprint density at radius 3 is 2.62 bits per heavy atom. The van der Waals surface area contributed by atoms with Gasteiger partial charge in [-0.05, 0) is 37.1 Å². The van der Waals surface area contributed by atoms with Gasteiger partial charge in [-0.15, -0.1) is 12.4 Å². The molecule has 0 aliphatic heterocycles. The maximum Gasteiger partial charge on any atom is 0.252 e. The first kappa shape index (κ1) is 20.2. The van der Waals surface area contributed by atoms with E-state index in [1.165, 1.54) is 16.7 Å². The zero-order chi connectivity index (χ0) is 16.7. The first-order chi connectivity index (χ1) is 11.1. The van der Waals surface area contributed by atoms with E-state index in [0.717, 1.165) is 18.4 Å². The van der Waals surface area contributed by atoms with Gasteiger partial charge in [0.2, 0.25) is 0 Å². The summed E-state index contributed by atoms with van der Waals surface area (Å²) < 4.78 is 1.48. The van der Waals surface area contributed by atoms with Gasteiger partial charge in [0.05, 0.1) is 12.1 Å². The van der Waals surface area contributed by atoms with Crippen LogP contribution in [0.3, 0.4) is 0 Å². The quantitative estimate of drug-likeness (QED) is 0.735. The lowest BCUT2D eigenvalue weighted by Gasteiger charge is -2.10. The number of pyridine rings is 1. The van der Waals surface area contributed by atoms with Crippen LogP contribution in [0.25, 0.3) is 0 Å². The fourth-order valence-corrected chi connectivity index (χ4v) is 2.37. The van der Waals surface area contributed by atoms with E-state index >= 15 is 0 Å². The van der Waals surface area contributed by atoms with Crippen LogP contribution >= 0.6 is 24.0 Å². The molecule has 0 spiro atoms.